The van der Waals surface area contributed by atoms with Crippen LogP contribution in [0.15, 0.2) is 23.1 Å². The molecule has 0 atom stereocenters. The molecule has 2 heterocycles. The average molecular weight is 415 g/mol. The number of hydrogen-bond donors (Lipinski definition) is 0. The molecular weight excluding hydrogens is 388 g/mol. The summed E-state index contributed by atoms with van der Waals surface area (Å²) in [5.74, 6) is 0.511. The van der Waals surface area contributed by atoms with E-state index in [9.17, 15) is 13.2 Å². The normalized spacial score (nSPS) is 20.0. The molecule has 1 aromatic rings. The van der Waals surface area contributed by atoms with E-state index in [0.717, 1.165) is 58.4 Å². The summed E-state index contributed by atoms with van der Waals surface area (Å²) in [7, 11) is -3.46. The van der Waals surface area contributed by atoms with Crippen LogP contribution in [0.5, 0.6) is 0 Å². The van der Waals surface area contributed by atoms with Crippen molar-refractivity contribution in [1.29, 1.82) is 0 Å². The molecule has 3 rings (SSSR count). The molecule has 0 aliphatic carbocycles. The number of sulfone groups is 1. The number of piperidine rings is 1. The first-order chi connectivity index (χ1) is 12.8. The van der Waals surface area contributed by atoms with Crippen molar-refractivity contribution >= 4 is 27.3 Å². The van der Waals surface area contributed by atoms with Crippen molar-refractivity contribution < 1.29 is 17.9 Å². The highest BCUT2D eigenvalue weighted by atomic mass is 35.5. The molecule has 0 bridgehead atoms. The van der Waals surface area contributed by atoms with Crippen molar-refractivity contribution in [1.82, 2.24) is 9.80 Å². The molecule has 0 unspecified atom stereocenters. The maximum absolute atomic E-state index is 12.8. The van der Waals surface area contributed by atoms with Gasteiger partial charge in [-0.1, -0.05) is 11.6 Å². The highest BCUT2D eigenvalue weighted by Crippen LogP contribution is 2.26. The van der Waals surface area contributed by atoms with Crippen LogP contribution in [-0.2, 0) is 14.6 Å². The summed E-state index contributed by atoms with van der Waals surface area (Å²) in [5, 5.41) is 0.149. The van der Waals surface area contributed by atoms with Crippen LogP contribution in [-0.4, -0.2) is 76.3 Å². The van der Waals surface area contributed by atoms with E-state index >= 15 is 0 Å². The third-order valence-electron chi connectivity index (χ3n) is 5.44. The summed E-state index contributed by atoms with van der Waals surface area (Å²) in [5.41, 5.74) is 0.381. The Balaban J connectivity index is 1.54. The van der Waals surface area contributed by atoms with Crippen LogP contribution < -0.4 is 0 Å². The number of amides is 1. The van der Waals surface area contributed by atoms with Gasteiger partial charge in [0.25, 0.3) is 5.91 Å². The minimum atomic E-state index is -3.46. The fraction of sp³-hybridized carbons (Fsp3) is 0.632. The van der Waals surface area contributed by atoms with Crippen LogP contribution in [0.1, 0.15) is 29.6 Å². The van der Waals surface area contributed by atoms with E-state index < -0.39 is 9.84 Å². The molecule has 150 valence electrons. The minimum Gasteiger partial charge on any atom is -0.379 e. The van der Waals surface area contributed by atoms with Gasteiger partial charge in [-0.25, -0.2) is 8.42 Å². The van der Waals surface area contributed by atoms with E-state index in [0.29, 0.717) is 24.6 Å². The zero-order valence-electron chi connectivity index (χ0n) is 15.7. The van der Waals surface area contributed by atoms with Gasteiger partial charge in [-0.15, -0.1) is 0 Å². The summed E-state index contributed by atoms with van der Waals surface area (Å²) in [4.78, 5) is 17.0. The number of hydrogen-bond acceptors (Lipinski definition) is 5. The van der Waals surface area contributed by atoms with Gasteiger partial charge in [0.2, 0.25) is 0 Å². The molecule has 1 amide bonds. The number of rotatable bonds is 5. The Kier molecular flexibility index (Phi) is 6.78. The molecule has 2 fully saturated rings. The second-order valence-corrected chi connectivity index (χ2v) is 9.79. The van der Waals surface area contributed by atoms with Gasteiger partial charge in [-0.3, -0.25) is 9.69 Å². The van der Waals surface area contributed by atoms with Gasteiger partial charge in [-0.2, -0.15) is 0 Å². The van der Waals surface area contributed by atoms with Gasteiger partial charge in [0.05, 0.1) is 23.1 Å². The van der Waals surface area contributed by atoms with Crippen molar-refractivity contribution in [2.24, 2.45) is 5.92 Å². The standard InChI is InChI=1S/C19H27ClN2O4S/c1-27(24,25)18-14-16(2-3-17(18)20)19(23)22-8-5-15(6-9-22)4-7-21-10-12-26-13-11-21/h2-3,14-15H,4-13H2,1H3. The molecule has 1 aromatic carbocycles. The molecule has 8 heteroatoms. The molecule has 2 aliphatic rings. The number of morpholine rings is 1. The minimum absolute atomic E-state index is 0.00964. The summed E-state index contributed by atoms with van der Waals surface area (Å²) >= 11 is 5.97. The van der Waals surface area contributed by atoms with Crippen LogP contribution in [0.2, 0.25) is 5.02 Å². The Morgan fingerprint density at radius 3 is 2.48 bits per heavy atom. The van der Waals surface area contributed by atoms with Gasteiger partial charge in [0, 0.05) is 38.0 Å². The predicted molar refractivity (Wildman–Crippen MR) is 105 cm³/mol. The Morgan fingerprint density at radius 1 is 1.19 bits per heavy atom. The van der Waals surface area contributed by atoms with Crippen molar-refractivity contribution in [2.75, 3.05) is 52.2 Å². The number of nitrogens with zero attached hydrogens (tertiary/aromatic N) is 2. The number of carbonyl (C=O) groups is 1. The molecular formula is C19H27ClN2O4S. The molecule has 2 aliphatic heterocycles. The molecule has 0 saturated carbocycles. The smallest absolute Gasteiger partial charge is 0.253 e. The highest BCUT2D eigenvalue weighted by Gasteiger charge is 2.25. The topological polar surface area (TPSA) is 66.9 Å². The Labute approximate surface area is 166 Å². The van der Waals surface area contributed by atoms with E-state index in [1.54, 1.807) is 6.07 Å². The molecule has 0 radical (unpaired) electrons. The van der Waals surface area contributed by atoms with Gasteiger partial charge in [0.15, 0.2) is 9.84 Å². The van der Waals surface area contributed by atoms with Crippen molar-refractivity contribution in [3.8, 4) is 0 Å². The van der Waals surface area contributed by atoms with Crippen LogP contribution >= 0.6 is 11.6 Å². The molecule has 2 saturated heterocycles. The Morgan fingerprint density at radius 2 is 1.85 bits per heavy atom. The molecule has 0 N–H and O–H groups in total. The first-order valence-electron chi connectivity index (χ1n) is 9.43. The second kappa shape index (κ2) is 8.90. The number of halogens is 1. The third kappa shape index (κ3) is 5.44. The first-order valence-corrected chi connectivity index (χ1v) is 11.7. The number of benzene rings is 1. The van der Waals surface area contributed by atoms with Crippen LogP contribution in [0.4, 0.5) is 0 Å². The fourth-order valence-electron chi connectivity index (χ4n) is 3.72. The first kappa shape index (κ1) is 20.6. The quantitative estimate of drug-likeness (QED) is 0.739. The number of likely N-dealkylation sites (tertiary alicyclic amines) is 1. The maximum Gasteiger partial charge on any atom is 0.253 e. The largest absolute Gasteiger partial charge is 0.379 e. The van der Waals surface area contributed by atoms with Gasteiger partial charge in [0.1, 0.15) is 0 Å². The lowest BCUT2D eigenvalue weighted by molar-refractivity contribution is 0.0332. The average Bonchev–Trinajstić information content (AvgIpc) is 2.66. The lowest BCUT2D eigenvalue weighted by Gasteiger charge is -2.34. The van der Waals surface area contributed by atoms with Crippen LogP contribution in [0.25, 0.3) is 0 Å². The highest BCUT2D eigenvalue weighted by molar-refractivity contribution is 7.90. The monoisotopic (exact) mass is 414 g/mol. The van der Waals surface area contributed by atoms with E-state index in [1.165, 1.54) is 12.1 Å². The van der Waals surface area contributed by atoms with Crippen molar-refractivity contribution in [3.63, 3.8) is 0 Å². The number of carbonyl (C=O) groups excluding carboxylic acids is 1. The summed E-state index contributed by atoms with van der Waals surface area (Å²) in [6.45, 7) is 6.18. The Bertz CT molecular complexity index is 770. The molecule has 6 nitrogen and oxygen atoms in total. The lowest BCUT2D eigenvalue weighted by Crippen LogP contribution is -2.40. The van der Waals surface area contributed by atoms with Crippen molar-refractivity contribution in [3.05, 3.63) is 28.8 Å². The zero-order valence-corrected chi connectivity index (χ0v) is 17.3. The fourth-order valence-corrected chi connectivity index (χ4v) is 5.02. The van der Waals surface area contributed by atoms with Crippen LogP contribution in [0, 0.1) is 5.92 Å². The van der Waals surface area contributed by atoms with Gasteiger partial charge < -0.3 is 9.64 Å². The van der Waals surface area contributed by atoms with E-state index in [4.69, 9.17) is 16.3 Å². The predicted octanol–water partition coefficient (Wildman–Crippen LogP) is 2.32. The molecule has 0 spiro atoms. The summed E-state index contributed by atoms with van der Waals surface area (Å²) < 4.78 is 29.0. The lowest BCUT2D eigenvalue weighted by atomic mass is 9.93. The van der Waals surface area contributed by atoms with Gasteiger partial charge in [-0.05, 0) is 49.9 Å². The van der Waals surface area contributed by atoms with E-state index in [-0.39, 0.29) is 15.8 Å². The zero-order chi connectivity index (χ0) is 19.4. The summed E-state index contributed by atoms with van der Waals surface area (Å²) in [6.07, 6.45) is 4.23. The Hall–Kier alpha value is -1.15. The third-order valence-corrected chi connectivity index (χ3v) is 7.01. The molecule has 27 heavy (non-hydrogen) atoms. The van der Waals surface area contributed by atoms with Gasteiger partial charge >= 0.3 is 0 Å². The van der Waals surface area contributed by atoms with E-state index in [1.807, 2.05) is 4.90 Å². The molecule has 0 aromatic heterocycles. The SMILES string of the molecule is CS(=O)(=O)c1cc(C(=O)N2CCC(CCN3CCOCC3)CC2)ccc1Cl. The maximum atomic E-state index is 12.8. The summed E-state index contributed by atoms with van der Waals surface area (Å²) in [6, 6.07) is 4.48. The van der Waals surface area contributed by atoms with Crippen molar-refractivity contribution in [2.45, 2.75) is 24.2 Å². The van der Waals surface area contributed by atoms with E-state index in [2.05, 4.69) is 4.90 Å². The number of ether oxygens (including phenoxy) is 1. The van der Waals surface area contributed by atoms with Crippen LogP contribution in [0.3, 0.4) is 0 Å². The second-order valence-electron chi connectivity index (χ2n) is 7.40.